The highest BCUT2D eigenvalue weighted by Crippen LogP contribution is 2.27. The molecule has 0 aliphatic rings. The van der Waals surface area contributed by atoms with Crippen molar-refractivity contribution < 1.29 is 14.4 Å². The predicted octanol–water partition coefficient (Wildman–Crippen LogP) is 2.60. The van der Waals surface area contributed by atoms with Gasteiger partial charge in [-0.25, -0.2) is 0 Å². The summed E-state index contributed by atoms with van der Waals surface area (Å²) in [6.07, 6.45) is 2.31. The lowest BCUT2D eigenvalue weighted by molar-refractivity contribution is -0.137. The maximum Gasteiger partial charge on any atom is 0.287 e. The molecule has 3 aromatic heterocycles. The molecule has 3 N–H and O–H groups in total. The second-order valence-electron chi connectivity index (χ2n) is 6.73. The number of benzene rings is 1. The number of aryl methyl sites for hydroxylation is 1. The molecule has 0 saturated heterocycles. The zero-order chi connectivity index (χ0) is 21.8. The van der Waals surface area contributed by atoms with Gasteiger partial charge in [0.1, 0.15) is 5.69 Å². The molecule has 31 heavy (non-hydrogen) atoms. The Bertz CT molecular complexity index is 1250. The number of carbonyl (C=O) groups is 3. The normalized spacial score (nSPS) is 11.9. The first-order valence-corrected chi connectivity index (χ1v) is 11.0. The molecule has 4 aromatic rings. The van der Waals surface area contributed by atoms with E-state index in [9.17, 15) is 14.4 Å². The first-order chi connectivity index (χ1) is 15.0. The number of aromatic nitrogens is 3. The number of carbonyl (C=O) groups excluding carboxylic acids is 3. The van der Waals surface area contributed by atoms with Crippen LogP contribution in [0.2, 0.25) is 0 Å². The van der Waals surface area contributed by atoms with Crippen LogP contribution in [0.1, 0.15) is 22.5 Å². The summed E-state index contributed by atoms with van der Waals surface area (Å²) in [6.45, 7) is 0. The number of amides is 2. The SMILES string of the molecule is NC(=O)C(=O)C(CCc1csc2ccccc12)NC(=O)c1nsnc1-c1ccccn1. The Balaban J connectivity index is 1.54. The van der Waals surface area contributed by atoms with Crippen LogP contribution in [0.4, 0.5) is 0 Å². The van der Waals surface area contributed by atoms with Crippen molar-refractivity contribution >= 4 is 50.7 Å². The third-order valence-corrected chi connectivity index (χ3v) is 6.28. The van der Waals surface area contributed by atoms with Gasteiger partial charge in [0, 0.05) is 10.9 Å². The Morgan fingerprint density at radius 2 is 1.87 bits per heavy atom. The van der Waals surface area contributed by atoms with Crippen LogP contribution < -0.4 is 11.1 Å². The molecule has 1 aromatic carbocycles. The Morgan fingerprint density at radius 3 is 2.65 bits per heavy atom. The number of thiophene rings is 1. The summed E-state index contributed by atoms with van der Waals surface area (Å²) in [6, 6.07) is 12.1. The van der Waals surface area contributed by atoms with Crippen molar-refractivity contribution in [3.63, 3.8) is 0 Å². The van der Waals surface area contributed by atoms with Crippen molar-refractivity contribution in [3.05, 3.63) is 65.3 Å². The average Bonchev–Trinajstić information content (AvgIpc) is 3.44. The summed E-state index contributed by atoms with van der Waals surface area (Å²) >= 11 is 2.47. The zero-order valence-electron chi connectivity index (χ0n) is 16.1. The highest BCUT2D eigenvalue weighted by molar-refractivity contribution is 7.17. The molecular formula is C21H17N5O3S2. The van der Waals surface area contributed by atoms with E-state index >= 15 is 0 Å². The minimum Gasteiger partial charge on any atom is -0.363 e. The van der Waals surface area contributed by atoms with E-state index in [1.165, 1.54) is 0 Å². The number of pyridine rings is 1. The van der Waals surface area contributed by atoms with Gasteiger partial charge < -0.3 is 11.1 Å². The molecule has 156 valence electrons. The summed E-state index contributed by atoms with van der Waals surface area (Å²) in [5.41, 5.74) is 7.12. The van der Waals surface area contributed by atoms with E-state index in [4.69, 9.17) is 5.73 Å². The maximum absolute atomic E-state index is 12.9. The van der Waals surface area contributed by atoms with E-state index in [0.29, 0.717) is 17.8 Å². The molecular weight excluding hydrogens is 434 g/mol. The van der Waals surface area contributed by atoms with Gasteiger partial charge in [0.15, 0.2) is 5.69 Å². The maximum atomic E-state index is 12.9. The van der Waals surface area contributed by atoms with Crippen molar-refractivity contribution in [1.82, 2.24) is 19.0 Å². The number of hydrogen-bond donors (Lipinski definition) is 2. The number of nitrogens with zero attached hydrogens (tertiary/aromatic N) is 3. The molecule has 3 heterocycles. The fraction of sp³-hybridized carbons (Fsp3) is 0.143. The van der Waals surface area contributed by atoms with Crippen LogP contribution in [-0.4, -0.2) is 37.4 Å². The lowest BCUT2D eigenvalue weighted by atomic mass is 10.0. The predicted molar refractivity (Wildman–Crippen MR) is 119 cm³/mol. The Kier molecular flexibility index (Phi) is 6.10. The standard InChI is InChI=1S/C21H17N5O3S2/c22-20(28)19(27)15(9-8-12-11-30-16-7-2-1-5-13(12)16)24-21(29)18-17(25-31-26-18)14-6-3-4-10-23-14/h1-7,10-11,15H,8-9H2,(H2,22,28)(H,24,29). The monoisotopic (exact) mass is 451 g/mol. The van der Waals surface area contributed by atoms with E-state index in [2.05, 4.69) is 19.0 Å². The van der Waals surface area contributed by atoms with Gasteiger partial charge in [-0.15, -0.1) is 11.3 Å². The third kappa shape index (κ3) is 4.49. The Labute approximate surface area is 185 Å². The van der Waals surface area contributed by atoms with Gasteiger partial charge in [-0.05, 0) is 47.4 Å². The lowest BCUT2D eigenvalue weighted by Crippen LogP contribution is -2.46. The molecule has 2 amide bonds. The number of Topliss-reactive ketones (excluding diaryl/α,β-unsaturated/α-hetero) is 1. The van der Waals surface area contributed by atoms with E-state index in [0.717, 1.165) is 27.4 Å². The molecule has 4 rings (SSSR count). The fourth-order valence-electron chi connectivity index (χ4n) is 3.20. The van der Waals surface area contributed by atoms with Crippen LogP contribution in [0.25, 0.3) is 21.5 Å². The average molecular weight is 452 g/mol. The first-order valence-electron chi connectivity index (χ1n) is 9.38. The van der Waals surface area contributed by atoms with Gasteiger partial charge in [0.05, 0.1) is 23.5 Å². The smallest absolute Gasteiger partial charge is 0.287 e. The summed E-state index contributed by atoms with van der Waals surface area (Å²) in [5, 5.41) is 5.72. The topological polar surface area (TPSA) is 128 Å². The summed E-state index contributed by atoms with van der Waals surface area (Å²) in [7, 11) is 0. The molecule has 10 heteroatoms. The van der Waals surface area contributed by atoms with Gasteiger partial charge in [0.2, 0.25) is 5.78 Å². The minimum atomic E-state index is -1.10. The fourth-order valence-corrected chi connectivity index (χ4v) is 4.75. The second-order valence-corrected chi connectivity index (χ2v) is 8.17. The van der Waals surface area contributed by atoms with Crippen molar-refractivity contribution in [3.8, 4) is 11.4 Å². The highest BCUT2D eigenvalue weighted by Gasteiger charge is 2.28. The summed E-state index contributed by atoms with van der Waals surface area (Å²) in [4.78, 5) is 41.0. The van der Waals surface area contributed by atoms with Crippen molar-refractivity contribution in [2.45, 2.75) is 18.9 Å². The van der Waals surface area contributed by atoms with E-state index in [-0.39, 0.29) is 12.1 Å². The van der Waals surface area contributed by atoms with Gasteiger partial charge in [-0.3, -0.25) is 19.4 Å². The molecule has 1 atom stereocenters. The third-order valence-electron chi connectivity index (χ3n) is 4.74. The zero-order valence-corrected chi connectivity index (χ0v) is 17.8. The van der Waals surface area contributed by atoms with Crippen LogP contribution in [0.15, 0.2) is 54.0 Å². The highest BCUT2D eigenvalue weighted by atomic mass is 32.1. The Morgan fingerprint density at radius 1 is 1.06 bits per heavy atom. The van der Waals surface area contributed by atoms with Crippen molar-refractivity contribution in [2.24, 2.45) is 5.73 Å². The minimum absolute atomic E-state index is 0.0481. The molecule has 0 aliphatic carbocycles. The van der Waals surface area contributed by atoms with Gasteiger partial charge >= 0.3 is 0 Å². The molecule has 0 aliphatic heterocycles. The number of ketones is 1. The van der Waals surface area contributed by atoms with Gasteiger partial charge in [-0.2, -0.15) is 8.75 Å². The molecule has 0 fully saturated rings. The number of nitrogens with two attached hydrogens (primary N) is 1. The van der Waals surface area contributed by atoms with Crippen LogP contribution >= 0.6 is 23.1 Å². The molecule has 0 radical (unpaired) electrons. The van der Waals surface area contributed by atoms with Crippen molar-refractivity contribution in [2.75, 3.05) is 0 Å². The van der Waals surface area contributed by atoms with E-state index < -0.39 is 23.6 Å². The Hall–Kier alpha value is -3.50. The number of nitrogens with one attached hydrogen (secondary N) is 1. The molecule has 0 saturated carbocycles. The molecule has 0 spiro atoms. The van der Waals surface area contributed by atoms with Crippen LogP contribution in [0.5, 0.6) is 0 Å². The van der Waals surface area contributed by atoms with Gasteiger partial charge in [0.25, 0.3) is 11.8 Å². The number of rotatable bonds is 8. The van der Waals surface area contributed by atoms with E-state index in [1.54, 1.807) is 35.7 Å². The number of fused-ring (bicyclic) bond motifs is 1. The molecule has 0 bridgehead atoms. The quantitative estimate of drug-likeness (QED) is 0.396. The molecule has 8 nitrogen and oxygen atoms in total. The number of primary amides is 1. The van der Waals surface area contributed by atoms with Gasteiger partial charge in [-0.1, -0.05) is 24.3 Å². The molecule has 1 unspecified atom stereocenters. The second kappa shape index (κ2) is 9.11. The van der Waals surface area contributed by atoms with E-state index in [1.807, 2.05) is 29.6 Å². The summed E-state index contributed by atoms with van der Waals surface area (Å²) < 4.78 is 9.33. The van der Waals surface area contributed by atoms with Crippen LogP contribution in [0, 0.1) is 0 Å². The first kappa shape index (κ1) is 20.8. The number of hydrogen-bond acceptors (Lipinski definition) is 8. The largest absolute Gasteiger partial charge is 0.363 e. The lowest BCUT2D eigenvalue weighted by Gasteiger charge is -2.15. The van der Waals surface area contributed by atoms with Crippen LogP contribution in [0.3, 0.4) is 0 Å². The van der Waals surface area contributed by atoms with Crippen molar-refractivity contribution in [1.29, 1.82) is 0 Å². The van der Waals surface area contributed by atoms with Crippen LogP contribution in [-0.2, 0) is 16.0 Å². The summed E-state index contributed by atoms with van der Waals surface area (Å²) in [5.74, 6) is -2.55.